The average molecular weight is 309 g/mol. The van der Waals surface area contributed by atoms with Gasteiger partial charge in [-0.1, -0.05) is 28.1 Å². The summed E-state index contributed by atoms with van der Waals surface area (Å²) in [5.41, 5.74) is 7.73. The van der Waals surface area contributed by atoms with Crippen molar-refractivity contribution in [1.29, 1.82) is 0 Å². The summed E-state index contributed by atoms with van der Waals surface area (Å²) in [5, 5.41) is 3.28. The molecule has 1 atom stereocenters. The van der Waals surface area contributed by atoms with Gasteiger partial charge in [-0.05, 0) is 42.0 Å². The summed E-state index contributed by atoms with van der Waals surface area (Å²) in [4.78, 5) is 0. The number of nitrogens with two attached hydrogens (primary N) is 1. The number of hydrogen-bond donors (Lipinski definition) is 2. The van der Waals surface area contributed by atoms with E-state index in [-0.39, 0.29) is 11.9 Å². The largest absolute Gasteiger partial charge is 0.377 e. The first-order valence-corrected chi connectivity index (χ1v) is 6.46. The number of benzene rings is 2. The first-order chi connectivity index (χ1) is 8.69. The lowest BCUT2D eigenvalue weighted by molar-refractivity contribution is 0.628. The Labute approximate surface area is 114 Å². The van der Waals surface area contributed by atoms with E-state index in [1.165, 1.54) is 12.1 Å². The zero-order valence-electron chi connectivity index (χ0n) is 9.74. The van der Waals surface area contributed by atoms with Crippen LogP contribution in [-0.2, 0) is 0 Å². The Hall–Kier alpha value is -1.39. The molecular weight excluding hydrogens is 295 g/mol. The van der Waals surface area contributed by atoms with Crippen molar-refractivity contribution in [1.82, 2.24) is 0 Å². The van der Waals surface area contributed by atoms with E-state index in [9.17, 15) is 4.39 Å². The van der Waals surface area contributed by atoms with Crippen molar-refractivity contribution in [2.24, 2.45) is 5.73 Å². The van der Waals surface area contributed by atoms with Crippen LogP contribution in [-0.4, -0.2) is 6.54 Å². The van der Waals surface area contributed by atoms with Gasteiger partial charge in [0.2, 0.25) is 0 Å². The molecule has 0 saturated heterocycles. The fourth-order valence-electron chi connectivity index (χ4n) is 1.72. The molecule has 18 heavy (non-hydrogen) atoms. The number of hydrogen-bond acceptors (Lipinski definition) is 2. The van der Waals surface area contributed by atoms with E-state index < -0.39 is 0 Å². The Bertz CT molecular complexity index is 496. The van der Waals surface area contributed by atoms with Crippen LogP contribution in [0.2, 0.25) is 0 Å². The molecule has 2 aromatic carbocycles. The second kappa shape index (κ2) is 5.98. The maximum Gasteiger partial charge on any atom is 0.123 e. The van der Waals surface area contributed by atoms with Crippen LogP contribution in [0.1, 0.15) is 11.6 Å². The van der Waals surface area contributed by atoms with Crippen molar-refractivity contribution < 1.29 is 4.39 Å². The van der Waals surface area contributed by atoms with Gasteiger partial charge in [-0.25, -0.2) is 4.39 Å². The van der Waals surface area contributed by atoms with Crippen LogP contribution in [0.25, 0.3) is 0 Å². The van der Waals surface area contributed by atoms with E-state index in [1.807, 2.05) is 24.3 Å². The number of halogens is 2. The summed E-state index contributed by atoms with van der Waals surface area (Å²) >= 11 is 3.40. The molecule has 0 amide bonds. The van der Waals surface area contributed by atoms with Crippen molar-refractivity contribution in [3.8, 4) is 0 Å². The fraction of sp³-hybridized carbons (Fsp3) is 0.143. The Balaban J connectivity index is 2.14. The van der Waals surface area contributed by atoms with E-state index in [1.54, 1.807) is 12.1 Å². The second-order valence-corrected chi connectivity index (χ2v) is 4.91. The molecule has 0 bridgehead atoms. The van der Waals surface area contributed by atoms with Crippen LogP contribution < -0.4 is 11.1 Å². The molecule has 0 aromatic heterocycles. The molecule has 2 rings (SSSR count). The van der Waals surface area contributed by atoms with Crippen LogP contribution in [0, 0.1) is 5.82 Å². The van der Waals surface area contributed by atoms with Gasteiger partial charge in [0.25, 0.3) is 0 Å². The molecule has 3 N–H and O–H groups in total. The minimum absolute atomic E-state index is 0.0172. The molecule has 0 fully saturated rings. The van der Waals surface area contributed by atoms with Gasteiger partial charge >= 0.3 is 0 Å². The molecule has 0 radical (unpaired) electrons. The van der Waals surface area contributed by atoms with Crippen molar-refractivity contribution in [3.63, 3.8) is 0 Å². The van der Waals surface area contributed by atoms with Crippen LogP contribution >= 0.6 is 15.9 Å². The highest BCUT2D eigenvalue weighted by Gasteiger charge is 2.09. The number of rotatable bonds is 4. The molecular formula is C14H14BrFN2. The van der Waals surface area contributed by atoms with E-state index in [4.69, 9.17) is 5.73 Å². The lowest BCUT2D eigenvalue weighted by atomic mass is 10.1. The highest BCUT2D eigenvalue weighted by atomic mass is 79.9. The average Bonchev–Trinajstić information content (AvgIpc) is 2.39. The molecule has 0 aliphatic heterocycles. The molecule has 0 saturated carbocycles. The summed E-state index contributed by atoms with van der Waals surface area (Å²) < 4.78 is 13.8. The van der Waals surface area contributed by atoms with Gasteiger partial charge in [-0.3, -0.25) is 0 Å². The van der Waals surface area contributed by atoms with E-state index >= 15 is 0 Å². The summed E-state index contributed by atoms with van der Waals surface area (Å²) in [6, 6.07) is 14.3. The quantitative estimate of drug-likeness (QED) is 0.904. The third kappa shape index (κ3) is 3.31. The van der Waals surface area contributed by atoms with Gasteiger partial charge < -0.3 is 11.1 Å². The molecule has 0 heterocycles. The maximum atomic E-state index is 12.8. The fourth-order valence-corrected chi connectivity index (χ4v) is 1.99. The highest BCUT2D eigenvalue weighted by Crippen LogP contribution is 2.21. The topological polar surface area (TPSA) is 38.0 Å². The number of anilines is 1. The van der Waals surface area contributed by atoms with E-state index in [2.05, 4.69) is 21.2 Å². The second-order valence-electron chi connectivity index (χ2n) is 3.99. The monoisotopic (exact) mass is 308 g/mol. The van der Waals surface area contributed by atoms with Crippen LogP contribution in [0.15, 0.2) is 53.0 Å². The lowest BCUT2D eigenvalue weighted by Crippen LogP contribution is -2.20. The normalized spacial score (nSPS) is 12.2. The Morgan fingerprint density at radius 1 is 1.06 bits per heavy atom. The highest BCUT2D eigenvalue weighted by molar-refractivity contribution is 9.10. The Morgan fingerprint density at radius 2 is 1.67 bits per heavy atom. The lowest BCUT2D eigenvalue weighted by Gasteiger charge is -2.18. The van der Waals surface area contributed by atoms with E-state index in [0.717, 1.165) is 15.7 Å². The van der Waals surface area contributed by atoms with Gasteiger partial charge in [-0.15, -0.1) is 0 Å². The Morgan fingerprint density at radius 3 is 2.22 bits per heavy atom. The van der Waals surface area contributed by atoms with Crippen molar-refractivity contribution >= 4 is 21.6 Å². The zero-order chi connectivity index (χ0) is 13.0. The van der Waals surface area contributed by atoms with Crippen molar-refractivity contribution in [2.45, 2.75) is 6.04 Å². The SMILES string of the molecule is NCC(Nc1ccc(F)cc1)c1ccc(Br)cc1. The minimum Gasteiger partial charge on any atom is -0.377 e. The van der Waals surface area contributed by atoms with Gasteiger partial charge in [0, 0.05) is 16.7 Å². The summed E-state index contributed by atoms with van der Waals surface area (Å²) in [6.07, 6.45) is 0. The predicted molar refractivity (Wildman–Crippen MR) is 76.0 cm³/mol. The predicted octanol–water partition coefficient (Wildman–Crippen LogP) is 3.70. The molecule has 1 unspecified atom stereocenters. The first kappa shape index (κ1) is 13.1. The zero-order valence-corrected chi connectivity index (χ0v) is 11.3. The maximum absolute atomic E-state index is 12.8. The molecule has 0 aliphatic rings. The smallest absolute Gasteiger partial charge is 0.123 e. The van der Waals surface area contributed by atoms with E-state index in [0.29, 0.717) is 6.54 Å². The van der Waals surface area contributed by atoms with Crippen molar-refractivity contribution in [2.75, 3.05) is 11.9 Å². The van der Waals surface area contributed by atoms with Gasteiger partial charge in [-0.2, -0.15) is 0 Å². The van der Waals surface area contributed by atoms with Gasteiger partial charge in [0.1, 0.15) is 5.82 Å². The minimum atomic E-state index is -0.242. The summed E-state index contributed by atoms with van der Waals surface area (Å²) in [5.74, 6) is -0.242. The molecule has 0 aliphatic carbocycles. The molecule has 94 valence electrons. The molecule has 2 nitrogen and oxygen atoms in total. The van der Waals surface area contributed by atoms with Crippen LogP contribution in [0.4, 0.5) is 10.1 Å². The number of nitrogens with one attached hydrogen (secondary N) is 1. The third-order valence-corrected chi connectivity index (χ3v) is 3.22. The van der Waals surface area contributed by atoms with Gasteiger partial charge in [0.15, 0.2) is 0 Å². The molecule has 4 heteroatoms. The molecule has 0 spiro atoms. The third-order valence-electron chi connectivity index (χ3n) is 2.69. The Kier molecular flexibility index (Phi) is 4.33. The van der Waals surface area contributed by atoms with Crippen LogP contribution in [0.3, 0.4) is 0 Å². The van der Waals surface area contributed by atoms with Crippen molar-refractivity contribution in [3.05, 3.63) is 64.4 Å². The molecule has 2 aromatic rings. The first-order valence-electron chi connectivity index (χ1n) is 5.66. The van der Waals surface area contributed by atoms with Crippen LogP contribution in [0.5, 0.6) is 0 Å². The standard InChI is InChI=1S/C14H14BrFN2/c15-11-3-1-10(2-4-11)14(9-17)18-13-7-5-12(16)6-8-13/h1-8,14,18H,9,17H2. The van der Waals surface area contributed by atoms with Gasteiger partial charge in [0.05, 0.1) is 6.04 Å². The summed E-state index contributed by atoms with van der Waals surface area (Å²) in [7, 11) is 0. The summed E-state index contributed by atoms with van der Waals surface area (Å²) in [6.45, 7) is 0.471.